The molecule has 0 amide bonds. The highest BCUT2D eigenvalue weighted by atomic mass is 16.3. The predicted octanol–water partition coefficient (Wildman–Crippen LogP) is 2.64. The molecule has 0 aliphatic carbocycles. The maximum atomic E-state index is 8.42. The van der Waals surface area contributed by atoms with Gasteiger partial charge in [0.25, 0.3) is 0 Å². The fraction of sp³-hybridized carbons (Fsp3) is 0.500. The molecule has 0 saturated carbocycles. The first-order chi connectivity index (χ1) is 5.54. The second-order valence-electron chi connectivity index (χ2n) is 3.85. The third-order valence-corrected chi connectivity index (χ3v) is 1.65. The molecule has 0 bridgehead atoms. The Hall–Kier alpha value is -1.23. The highest BCUT2D eigenvalue weighted by Gasteiger charge is 2.17. The van der Waals surface area contributed by atoms with Crippen LogP contribution in [0.1, 0.15) is 32.3 Å². The topological polar surface area (TPSA) is 36.9 Å². The molecule has 0 atom stereocenters. The fourth-order valence-corrected chi connectivity index (χ4v) is 0.954. The van der Waals surface area contributed by atoms with Crippen LogP contribution in [0.4, 0.5) is 0 Å². The first-order valence-electron chi connectivity index (χ1n) is 4.00. The summed E-state index contributed by atoms with van der Waals surface area (Å²) < 4.78 is 5.47. The van der Waals surface area contributed by atoms with E-state index >= 15 is 0 Å². The summed E-state index contributed by atoms with van der Waals surface area (Å²) in [7, 11) is 0. The standard InChI is InChI=1S/C10H13NO/c1-10(2,3)9-5-4-8(12-9)6-7-11/h4-5H,6H2,1-3H3. The van der Waals surface area contributed by atoms with Gasteiger partial charge in [0.05, 0.1) is 12.5 Å². The van der Waals surface area contributed by atoms with Gasteiger partial charge in [0.2, 0.25) is 0 Å². The quantitative estimate of drug-likeness (QED) is 0.638. The molecular formula is C10H13NO. The minimum Gasteiger partial charge on any atom is -0.464 e. The lowest BCUT2D eigenvalue weighted by Gasteiger charge is -2.13. The molecule has 64 valence electrons. The molecule has 2 heteroatoms. The van der Waals surface area contributed by atoms with E-state index in [4.69, 9.17) is 9.68 Å². The van der Waals surface area contributed by atoms with E-state index in [-0.39, 0.29) is 5.41 Å². The van der Waals surface area contributed by atoms with Gasteiger partial charge in [0, 0.05) is 5.41 Å². The van der Waals surface area contributed by atoms with Crippen LogP contribution in [0.5, 0.6) is 0 Å². The Labute approximate surface area is 72.8 Å². The zero-order chi connectivity index (χ0) is 9.19. The summed E-state index contributed by atoms with van der Waals surface area (Å²) in [5.74, 6) is 1.69. The number of rotatable bonds is 1. The lowest BCUT2D eigenvalue weighted by atomic mass is 9.94. The molecule has 0 radical (unpaired) electrons. The van der Waals surface area contributed by atoms with Crippen molar-refractivity contribution in [2.24, 2.45) is 0 Å². The van der Waals surface area contributed by atoms with E-state index < -0.39 is 0 Å². The third-order valence-electron chi connectivity index (χ3n) is 1.65. The monoisotopic (exact) mass is 163 g/mol. The van der Waals surface area contributed by atoms with Crippen LogP contribution in [0.25, 0.3) is 0 Å². The van der Waals surface area contributed by atoms with Crippen molar-refractivity contribution in [1.29, 1.82) is 5.26 Å². The molecule has 0 saturated heterocycles. The van der Waals surface area contributed by atoms with Crippen LogP contribution in [0.2, 0.25) is 0 Å². The van der Waals surface area contributed by atoms with Gasteiger partial charge in [0.15, 0.2) is 0 Å². The zero-order valence-corrected chi connectivity index (χ0v) is 7.72. The van der Waals surface area contributed by atoms with E-state index in [1.54, 1.807) is 0 Å². The second-order valence-corrected chi connectivity index (χ2v) is 3.85. The minimum atomic E-state index is 0.0354. The first kappa shape index (κ1) is 8.86. The SMILES string of the molecule is CC(C)(C)c1ccc(CC#N)o1. The van der Waals surface area contributed by atoms with Crippen LogP contribution in [-0.4, -0.2) is 0 Å². The van der Waals surface area contributed by atoms with Gasteiger partial charge >= 0.3 is 0 Å². The third kappa shape index (κ3) is 1.88. The number of nitriles is 1. The molecule has 1 heterocycles. The van der Waals surface area contributed by atoms with E-state index in [2.05, 4.69) is 26.8 Å². The van der Waals surface area contributed by atoms with Crippen molar-refractivity contribution < 1.29 is 4.42 Å². The van der Waals surface area contributed by atoms with Crippen molar-refractivity contribution in [3.8, 4) is 6.07 Å². The molecule has 2 nitrogen and oxygen atoms in total. The molecule has 1 aromatic rings. The van der Waals surface area contributed by atoms with Gasteiger partial charge < -0.3 is 4.42 Å². The summed E-state index contributed by atoms with van der Waals surface area (Å²) in [6.45, 7) is 6.26. The van der Waals surface area contributed by atoms with E-state index in [0.29, 0.717) is 6.42 Å². The normalized spacial score (nSPS) is 11.2. The fourth-order valence-electron chi connectivity index (χ4n) is 0.954. The van der Waals surface area contributed by atoms with Crippen LogP contribution in [0, 0.1) is 11.3 Å². The van der Waals surface area contributed by atoms with Crippen molar-refractivity contribution in [3.63, 3.8) is 0 Å². The number of hydrogen-bond acceptors (Lipinski definition) is 2. The minimum absolute atomic E-state index is 0.0354. The smallest absolute Gasteiger partial charge is 0.118 e. The molecule has 1 aromatic heterocycles. The highest BCUT2D eigenvalue weighted by molar-refractivity contribution is 5.15. The lowest BCUT2D eigenvalue weighted by molar-refractivity contribution is 0.391. The van der Waals surface area contributed by atoms with Crippen LogP contribution in [0.3, 0.4) is 0 Å². The molecule has 0 unspecified atom stereocenters. The lowest BCUT2D eigenvalue weighted by Crippen LogP contribution is -2.09. The maximum Gasteiger partial charge on any atom is 0.118 e. The van der Waals surface area contributed by atoms with Crippen molar-refractivity contribution in [3.05, 3.63) is 23.7 Å². The second kappa shape index (κ2) is 3.02. The highest BCUT2D eigenvalue weighted by Crippen LogP contribution is 2.24. The first-order valence-corrected chi connectivity index (χ1v) is 4.00. The molecule has 12 heavy (non-hydrogen) atoms. The summed E-state index contributed by atoms with van der Waals surface area (Å²) in [6, 6.07) is 5.86. The van der Waals surface area contributed by atoms with E-state index in [0.717, 1.165) is 11.5 Å². The van der Waals surface area contributed by atoms with Crippen LogP contribution in [0.15, 0.2) is 16.5 Å². The van der Waals surface area contributed by atoms with Crippen molar-refractivity contribution in [2.75, 3.05) is 0 Å². The zero-order valence-electron chi connectivity index (χ0n) is 7.72. The van der Waals surface area contributed by atoms with Crippen molar-refractivity contribution in [2.45, 2.75) is 32.6 Å². The van der Waals surface area contributed by atoms with Crippen molar-refractivity contribution in [1.82, 2.24) is 0 Å². The number of hydrogen-bond donors (Lipinski definition) is 0. The molecule has 0 aromatic carbocycles. The Bertz CT molecular complexity index is 298. The van der Waals surface area contributed by atoms with Crippen LogP contribution in [-0.2, 0) is 11.8 Å². The molecular weight excluding hydrogens is 150 g/mol. The average molecular weight is 163 g/mol. The Morgan fingerprint density at radius 1 is 1.42 bits per heavy atom. The van der Waals surface area contributed by atoms with E-state index in [9.17, 15) is 0 Å². The average Bonchev–Trinajstić information content (AvgIpc) is 2.35. The van der Waals surface area contributed by atoms with Gasteiger partial charge in [-0.3, -0.25) is 0 Å². The summed E-state index contributed by atoms with van der Waals surface area (Å²) in [5.41, 5.74) is 0.0354. The molecule has 0 N–H and O–H groups in total. The van der Waals surface area contributed by atoms with Crippen molar-refractivity contribution >= 4 is 0 Å². The Morgan fingerprint density at radius 3 is 2.50 bits per heavy atom. The molecule has 0 aliphatic rings. The summed E-state index contributed by atoms with van der Waals surface area (Å²) in [6.07, 6.45) is 0.357. The summed E-state index contributed by atoms with van der Waals surface area (Å²) in [4.78, 5) is 0. The van der Waals surface area contributed by atoms with Gasteiger partial charge in [-0.15, -0.1) is 0 Å². The van der Waals surface area contributed by atoms with Crippen LogP contribution >= 0.6 is 0 Å². The predicted molar refractivity (Wildman–Crippen MR) is 46.7 cm³/mol. The Morgan fingerprint density at radius 2 is 2.08 bits per heavy atom. The van der Waals surface area contributed by atoms with Crippen LogP contribution < -0.4 is 0 Å². The van der Waals surface area contributed by atoms with Gasteiger partial charge in [-0.2, -0.15) is 5.26 Å². The molecule has 0 fully saturated rings. The summed E-state index contributed by atoms with van der Waals surface area (Å²) in [5, 5.41) is 8.42. The van der Waals surface area contributed by atoms with E-state index in [1.807, 2.05) is 12.1 Å². The Kier molecular flexibility index (Phi) is 2.23. The van der Waals surface area contributed by atoms with E-state index in [1.165, 1.54) is 0 Å². The maximum absolute atomic E-state index is 8.42. The van der Waals surface area contributed by atoms with Gasteiger partial charge in [-0.25, -0.2) is 0 Å². The molecule has 0 spiro atoms. The number of nitrogens with zero attached hydrogens (tertiary/aromatic N) is 1. The molecule has 0 aliphatic heterocycles. The van der Waals surface area contributed by atoms with Gasteiger partial charge in [-0.1, -0.05) is 20.8 Å². The van der Waals surface area contributed by atoms with Gasteiger partial charge in [0.1, 0.15) is 11.5 Å². The number of furan rings is 1. The Balaban J connectivity index is 2.86. The molecule has 1 rings (SSSR count). The summed E-state index contributed by atoms with van der Waals surface area (Å²) >= 11 is 0. The largest absolute Gasteiger partial charge is 0.464 e. The van der Waals surface area contributed by atoms with Gasteiger partial charge in [-0.05, 0) is 12.1 Å².